The summed E-state index contributed by atoms with van der Waals surface area (Å²) >= 11 is 5.88. The highest BCUT2D eigenvalue weighted by atomic mass is 35.5. The molecule has 3 heterocycles. The SMILES string of the molecule is Clc1ccn2nc(COc3cccnc3)nc2c1. The van der Waals surface area contributed by atoms with E-state index in [1.54, 1.807) is 35.2 Å². The first-order chi connectivity index (χ1) is 8.81. The Morgan fingerprint density at radius 1 is 1.33 bits per heavy atom. The number of ether oxygens (including phenoxy) is 1. The summed E-state index contributed by atoms with van der Waals surface area (Å²) in [6.45, 7) is 0.297. The monoisotopic (exact) mass is 260 g/mol. The molecule has 3 aromatic heterocycles. The van der Waals surface area contributed by atoms with Crippen molar-refractivity contribution in [3.63, 3.8) is 0 Å². The molecule has 0 bridgehead atoms. The van der Waals surface area contributed by atoms with Crippen LogP contribution < -0.4 is 4.74 Å². The van der Waals surface area contributed by atoms with E-state index < -0.39 is 0 Å². The predicted octanol–water partition coefficient (Wildman–Crippen LogP) is 2.36. The molecule has 0 saturated heterocycles. The molecule has 6 heteroatoms. The van der Waals surface area contributed by atoms with Gasteiger partial charge in [-0.2, -0.15) is 0 Å². The minimum atomic E-state index is 0.297. The second-order valence-electron chi connectivity index (χ2n) is 3.65. The third-order valence-electron chi connectivity index (χ3n) is 2.35. The molecule has 3 rings (SSSR count). The molecule has 5 nitrogen and oxygen atoms in total. The number of nitrogens with zero attached hydrogens (tertiary/aromatic N) is 4. The first-order valence-electron chi connectivity index (χ1n) is 5.35. The van der Waals surface area contributed by atoms with Crippen LogP contribution in [0.4, 0.5) is 0 Å². The fourth-order valence-corrected chi connectivity index (χ4v) is 1.70. The number of hydrogen-bond acceptors (Lipinski definition) is 4. The van der Waals surface area contributed by atoms with Crippen molar-refractivity contribution in [2.45, 2.75) is 6.61 Å². The van der Waals surface area contributed by atoms with Crippen molar-refractivity contribution >= 4 is 17.2 Å². The topological polar surface area (TPSA) is 52.3 Å². The summed E-state index contributed by atoms with van der Waals surface area (Å²) in [4.78, 5) is 8.27. The average molecular weight is 261 g/mol. The average Bonchev–Trinajstić information content (AvgIpc) is 2.79. The van der Waals surface area contributed by atoms with Crippen LogP contribution in [0, 0.1) is 0 Å². The van der Waals surface area contributed by atoms with E-state index in [4.69, 9.17) is 16.3 Å². The highest BCUT2D eigenvalue weighted by molar-refractivity contribution is 6.30. The predicted molar refractivity (Wildman–Crippen MR) is 66.6 cm³/mol. The van der Waals surface area contributed by atoms with Gasteiger partial charge in [0.05, 0.1) is 6.20 Å². The van der Waals surface area contributed by atoms with E-state index in [0.29, 0.717) is 28.9 Å². The Labute approximate surface area is 108 Å². The number of aromatic nitrogens is 4. The lowest BCUT2D eigenvalue weighted by Crippen LogP contribution is -1.98. The molecule has 3 aromatic rings. The maximum absolute atomic E-state index is 5.88. The normalized spacial score (nSPS) is 10.7. The maximum Gasteiger partial charge on any atom is 0.189 e. The molecule has 18 heavy (non-hydrogen) atoms. The highest BCUT2D eigenvalue weighted by Crippen LogP contribution is 2.12. The highest BCUT2D eigenvalue weighted by Gasteiger charge is 2.04. The molecule has 0 N–H and O–H groups in total. The van der Waals surface area contributed by atoms with Crippen molar-refractivity contribution in [2.24, 2.45) is 0 Å². The Morgan fingerprint density at radius 2 is 2.28 bits per heavy atom. The quantitative estimate of drug-likeness (QED) is 0.725. The van der Waals surface area contributed by atoms with Crippen LogP contribution in [0.15, 0.2) is 42.9 Å². The van der Waals surface area contributed by atoms with E-state index in [2.05, 4.69) is 15.1 Å². The van der Waals surface area contributed by atoms with Crippen molar-refractivity contribution in [3.05, 3.63) is 53.7 Å². The smallest absolute Gasteiger partial charge is 0.189 e. The number of pyridine rings is 2. The zero-order chi connectivity index (χ0) is 12.4. The van der Waals surface area contributed by atoms with Crippen LogP contribution in [0.2, 0.25) is 5.02 Å². The minimum Gasteiger partial charge on any atom is -0.484 e. The molecule has 0 saturated carbocycles. The van der Waals surface area contributed by atoms with E-state index >= 15 is 0 Å². The van der Waals surface area contributed by atoms with Gasteiger partial charge < -0.3 is 4.74 Å². The maximum atomic E-state index is 5.88. The molecule has 0 aromatic carbocycles. The zero-order valence-corrected chi connectivity index (χ0v) is 10.1. The van der Waals surface area contributed by atoms with Gasteiger partial charge in [0.15, 0.2) is 11.5 Å². The minimum absolute atomic E-state index is 0.297. The van der Waals surface area contributed by atoms with Gasteiger partial charge in [-0.15, -0.1) is 5.10 Å². The van der Waals surface area contributed by atoms with E-state index in [1.807, 2.05) is 12.1 Å². The van der Waals surface area contributed by atoms with Gasteiger partial charge >= 0.3 is 0 Å². The van der Waals surface area contributed by atoms with Crippen molar-refractivity contribution < 1.29 is 4.74 Å². The van der Waals surface area contributed by atoms with E-state index in [0.717, 1.165) is 0 Å². The van der Waals surface area contributed by atoms with Gasteiger partial charge in [-0.05, 0) is 18.2 Å². The molecule has 0 fully saturated rings. The summed E-state index contributed by atoms with van der Waals surface area (Å²) in [7, 11) is 0. The second kappa shape index (κ2) is 4.62. The van der Waals surface area contributed by atoms with Crippen LogP contribution in [-0.2, 0) is 6.61 Å². The van der Waals surface area contributed by atoms with Crippen LogP contribution >= 0.6 is 11.6 Å². The molecular weight excluding hydrogens is 252 g/mol. The lowest BCUT2D eigenvalue weighted by molar-refractivity contribution is 0.295. The summed E-state index contributed by atoms with van der Waals surface area (Å²) in [5.41, 5.74) is 0.701. The van der Waals surface area contributed by atoms with Crippen LogP contribution in [0.3, 0.4) is 0 Å². The molecule has 90 valence electrons. The van der Waals surface area contributed by atoms with Crippen molar-refractivity contribution in [2.75, 3.05) is 0 Å². The van der Waals surface area contributed by atoms with Crippen LogP contribution in [0.5, 0.6) is 5.75 Å². The summed E-state index contributed by atoms with van der Waals surface area (Å²) in [5, 5.41) is 4.90. The van der Waals surface area contributed by atoms with Gasteiger partial charge in [-0.3, -0.25) is 4.98 Å². The molecule has 0 unspecified atom stereocenters. The van der Waals surface area contributed by atoms with Gasteiger partial charge in [0.1, 0.15) is 12.4 Å². The zero-order valence-electron chi connectivity index (χ0n) is 9.32. The van der Waals surface area contributed by atoms with Crippen molar-refractivity contribution in [1.82, 2.24) is 19.6 Å². The molecule has 0 amide bonds. The Morgan fingerprint density at radius 3 is 3.11 bits per heavy atom. The Kier molecular flexibility index (Phi) is 2.82. The fraction of sp³-hybridized carbons (Fsp3) is 0.0833. The standard InChI is InChI=1S/C12H9ClN4O/c13-9-3-5-17-12(6-9)15-11(16-17)8-18-10-2-1-4-14-7-10/h1-7H,8H2. The molecular formula is C12H9ClN4O. The van der Waals surface area contributed by atoms with Gasteiger partial charge in [-0.25, -0.2) is 9.50 Å². The number of halogens is 1. The van der Waals surface area contributed by atoms with Crippen molar-refractivity contribution in [1.29, 1.82) is 0 Å². The third kappa shape index (κ3) is 2.26. The largest absolute Gasteiger partial charge is 0.484 e. The number of fused-ring (bicyclic) bond motifs is 1. The van der Waals surface area contributed by atoms with Crippen molar-refractivity contribution in [3.8, 4) is 5.75 Å². The Hall–Kier alpha value is -2.14. The lowest BCUT2D eigenvalue weighted by atomic mass is 10.5. The Bertz CT molecular complexity index is 668. The fourth-order valence-electron chi connectivity index (χ4n) is 1.54. The van der Waals surface area contributed by atoms with Crippen LogP contribution in [0.25, 0.3) is 5.65 Å². The van der Waals surface area contributed by atoms with Crippen LogP contribution in [0.1, 0.15) is 5.82 Å². The summed E-state index contributed by atoms with van der Waals surface area (Å²) in [6.07, 6.45) is 5.10. The number of rotatable bonds is 3. The van der Waals surface area contributed by atoms with Crippen LogP contribution in [-0.4, -0.2) is 19.6 Å². The van der Waals surface area contributed by atoms with E-state index in [-0.39, 0.29) is 0 Å². The van der Waals surface area contributed by atoms with Gasteiger partial charge in [0.25, 0.3) is 0 Å². The number of hydrogen-bond donors (Lipinski definition) is 0. The summed E-state index contributed by atoms with van der Waals surface area (Å²) in [5.74, 6) is 1.29. The molecule has 0 aliphatic heterocycles. The third-order valence-corrected chi connectivity index (χ3v) is 2.58. The molecule has 0 aliphatic carbocycles. The van der Waals surface area contributed by atoms with Gasteiger partial charge in [0.2, 0.25) is 0 Å². The lowest BCUT2D eigenvalue weighted by Gasteiger charge is -2.00. The van der Waals surface area contributed by atoms with E-state index in [9.17, 15) is 0 Å². The molecule has 0 spiro atoms. The first kappa shape index (κ1) is 11.0. The van der Waals surface area contributed by atoms with Gasteiger partial charge in [-0.1, -0.05) is 11.6 Å². The summed E-state index contributed by atoms with van der Waals surface area (Å²) < 4.78 is 7.18. The first-order valence-corrected chi connectivity index (χ1v) is 5.73. The van der Waals surface area contributed by atoms with Gasteiger partial charge in [0, 0.05) is 23.5 Å². The summed E-state index contributed by atoms with van der Waals surface area (Å²) in [6, 6.07) is 7.16. The van der Waals surface area contributed by atoms with E-state index in [1.165, 1.54) is 0 Å². The second-order valence-corrected chi connectivity index (χ2v) is 4.09. The molecule has 0 atom stereocenters. The molecule has 0 aliphatic rings. The molecule has 0 radical (unpaired) electrons. The Balaban J connectivity index is 1.79.